The molecule has 0 fully saturated rings. The van der Waals surface area contributed by atoms with E-state index in [0.717, 1.165) is 27.8 Å². The topological polar surface area (TPSA) is 98.7 Å². The Hall–Kier alpha value is -4.24. The predicted octanol–water partition coefficient (Wildman–Crippen LogP) is 4.46. The van der Waals surface area contributed by atoms with E-state index in [2.05, 4.69) is 37.6 Å². The highest BCUT2D eigenvalue weighted by molar-refractivity contribution is 7.98. The molecule has 0 aliphatic carbocycles. The lowest BCUT2D eigenvalue weighted by atomic mass is 10.1. The second-order valence-electron chi connectivity index (χ2n) is 7.69. The van der Waals surface area contributed by atoms with Crippen LogP contribution in [-0.4, -0.2) is 30.6 Å². The van der Waals surface area contributed by atoms with Crippen LogP contribution >= 0.6 is 11.8 Å². The van der Waals surface area contributed by atoms with Gasteiger partial charge in [0.2, 0.25) is 5.89 Å². The molecule has 0 aliphatic heterocycles. The van der Waals surface area contributed by atoms with Crippen LogP contribution in [0.5, 0.6) is 0 Å². The van der Waals surface area contributed by atoms with Crippen LogP contribution in [0, 0.1) is 0 Å². The van der Waals surface area contributed by atoms with Crippen molar-refractivity contribution in [2.45, 2.75) is 23.9 Å². The number of para-hydroxylation sites is 1. The van der Waals surface area contributed by atoms with Crippen molar-refractivity contribution >= 4 is 17.7 Å². The molecule has 0 saturated carbocycles. The lowest BCUT2D eigenvalue weighted by Crippen LogP contribution is -2.23. The monoisotopic (exact) mass is 482 g/mol. The van der Waals surface area contributed by atoms with Crippen molar-refractivity contribution in [3.05, 3.63) is 120 Å². The summed E-state index contributed by atoms with van der Waals surface area (Å²) in [5.74, 6) is 1.39. The van der Waals surface area contributed by atoms with Gasteiger partial charge >= 0.3 is 0 Å². The maximum Gasteiger partial charge on any atom is 0.273 e. The molecular formula is C26H22N6O2S. The quantitative estimate of drug-likeness (QED) is 0.310. The molecule has 0 atom stereocenters. The van der Waals surface area contributed by atoms with E-state index in [1.54, 1.807) is 12.4 Å². The van der Waals surface area contributed by atoms with Crippen LogP contribution in [-0.2, 0) is 18.7 Å². The molecule has 0 saturated heterocycles. The summed E-state index contributed by atoms with van der Waals surface area (Å²) in [5.41, 5.74) is 3.28. The zero-order valence-electron chi connectivity index (χ0n) is 18.7. The average Bonchev–Trinajstić information content (AvgIpc) is 3.55. The summed E-state index contributed by atoms with van der Waals surface area (Å²) in [6.45, 7) is 0.369. The number of carbonyl (C=O) groups excluding carboxylic acids is 1. The van der Waals surface area contributed by atoms with Gasteiger partial charge in [0.25, 0.3) is 5.91 Å². The molecule has 0 aliphatic rings. The Labute approximate surface area is 206 Å². The molecule has 0 radical (unpaired) electrons. The fraction of sp³-hybridized carbons (Fsp3) is 0.115. The number of nitrogens with one attached hydrogen (secondary N) is 1. The van der Waals surface area contributed by atoms with E-state index in [4.69, 9.17) is 4.42 Å². The highest BCUT2D eigenvalue weighted by Crippen LogP contribution is 2.26. The fourth-order valence-corrected chi connectivity index (χ4v) is 4.33. The van der Waals surface area contributed by atoms with Gasteiger partial charge in [-0.3, -0.25) is 14.3 Å². The van der Waals surface area contributed by atoms with Crippen LogP contribution in [0.2, 0.25) is 0 Å². The summed E-state index contributed by atoms with van der Waals surface area (Å²) in [7, 11) is 0. The van der Waals surface area contributed by atoms with Gasteiger partial charge < -0.3 is 9.73 Å². The first kappa shape index (κ1) is 22.5. The first-order valence-electron chi connectivity index (χ1n) is 11.0. The minimum absolute atomic E-state index is 0.235. The maximum atomic E-state index is 12.4. The van der Waals surface area contributed by atoms with Gasteiger partial charge in [0.1, 0.15) is 12.1 Å². The van der Waals surface area contributed by atoms with E-state index in [1.165, 1.54) is 18.0 Å². The lowest BCUT2D eigenvalue weighted by molar-refractivity contribution is 0.0946. The lowest BCUT2D eigenvalue weighted by Gasteiger charge is -2.10. The van der Waals surface area contributed by atoms with Gasteiger partial charge in [0, 0.05) is 31.0 Å². The number of hydrogen-bond acceptors (Lipinski definition) is 7. The molecule has 35 heavy (non-hydrogen) atoms. The molecule has 0 spiro atoms. The second kappa shape index (κ2) is 10.8. The SMILES string of the molecule is O=C(NCc1cccnc1)c1coc(CSc2nnc(Cc3ccccc3)n2-c2ccccc2)n1. The van der Waals surface area contributed by atoms with E-state index in [-0.39, 0.29) is 11.6 Å². The molecule has 8 nitrogen and oxygen atoms in total. The largest absolute Gasteiger partial charge is 0.447 e. The number of oxazole rings is 1. The standard InChI is InChI=1S/C26H22N6O2S/c33-25(28-16-20-10-7-13-27-15-20)22-17-34-24(29-22)18-35-26-31-30-23(14-19-8-3-1-4-9-19)32(26)21-11-5-2-6-12-21/h1-13,15,17H,14,16,18H2,(H,28,33). The molecule has 3 heterocycles. The summed E-state index contributed by atoms with van der Waals surface area (Å²) in [5, 5.41) is 12.4. The number of carbonyl (C=O) groups is 1. The third-order valence-electron chi connectivity index (χ3n) is 5.20. The minimum Gasteiger partial charge on any atom is -0.447 e. The van der Waals surface area contributed by atoms with Gasteiger partial charge in [-0.25, -0.2) is 4.98 Å². The van der Waals surface area contributed by atoms with Crippen molar-refractivity contribution < 1.29 is 9.21 Å². The summed E-state index contributed by atoms with van der Waals surface area (Å²) >= 11 is 1.45. The van der Waals surface area contributed by atoms with Crippen LogP contribution in [0.3, 0.4) is 0 Å². The van der Waals surface area contributed by atoms with Crippen LogP contribution < -0.4 is 5.32 Å². The van der Waals surface area contributed by atoms with E-state index in [0.29, 0.717) is 24.6 Å². The normalized spacial score (nSPS) is 10.9. The Bertz CT molecular complexity index is 1390. The Morgan fingerprint density at radius 1 is 0.943 bits per heavy atom. The Morgan fingerprint density at radius 3 is 2.49 bits per heavy atom. The predicted molar refractivity (Wildman–Crippen MR) is 132 cm³/mol. The van der Waals surface area contributed by atoms with E-state index in [1.807, 2.05) is 65.2 Å². The number of thioether (sulfide) groups is 1. The van der Waals surface area contributed by atoms with Gasteiger partial charge in [0.05, 0.1) is 5.75 Å². The maximum absolute atomic E-state index is 12.4. The number of nitrogens with zero attached hydrogens (tertiary/aromatic N) is 5. The Balaban J connectivity index is 1.28. The third kappa shape index (κ3) is 5.64. The molecule has 5 aromatic rings. The van der Waals surface area contributed by atoms with Crippen molar-refractivity contribution in [2.75, 3.05) is 0 Å². The van der Waals surface area contributed by atoms with Crippen LogP contribution in [0.4, 0.5) is 0 Å². The van der Waals surface area contributed by atoms with Gasteiger partial charge in [-0.05, 0) is 29.3 Å². The van der Waals surface area contributed by atoms with Crippen molar-refractivity contribution in [2.24, 2.45) is 0 Å². The van der Waals surface area contributed by atoms with Crippen LogP contribution in [0.1, 0.15) is 33.3 Å². The van der Waals surface area contributed by atoms with E-state index in [9.17, 15) is 4.79 Å². The zero-order valence-corrected chi connectivity index (χ0v) is 19.6. The molecule has 1 N–H and O–H groups in total. The Kier molecular flexibility index (Phi) is 6.95. The van der Waals surface area contributed by atoms with Gasteiger partial charge in [-0.1, -0.05) is 66.4 Å². The van der Waals surface area contributed by atoms with Crippen molar-refractivity contribution in [3.8, 4) is 5.69 Å². The highest BCUT2D eigenvalue weighted by atomic mass is 32.2. The number of benzene rings is 2. The molecule has 1 amide bonds. The van der Waals surface area contributed by atoms with Crippen molar-refractivity contribution in [1.29, 1.82) is 0 Å². The molecule has 2 aromatic carbocycles. The van der Waals surface area contributed by atoms with Crippen LogP contribution in [0.25, 0.3) is 5.69 Å². The first-order chi connectivity index (χ1) is 17.3. The second-order valence-corrected chi connectivity index (χ2v) is 8.63. The molecule has 174 valence electrons. The minimum atomic E-state index is -0.300. The first-order valence-corrected chi connectivity index (χ1v) is 12.0. The molecule has 5 rings (SSSR count). The van der Waals surface area contributed by atoms with Crippen molar-refractivity contribution in [1.82, 2.24) is 30.0 Å². The number of rotatable bonds is 9. The zero-order chi connectivity index (χ0) is 23.9. The highest BCUT2D eigenvalue weighted by Gasteiger charge is 2.17. The average molecular weight is 483 g/mol. The molecule has 3 aromatic heterocycles. The number of hydrogen-bond donors (Lipinski definition) is 1. The van der Waals surface area contributed by atoms with Gasteiger partial charge in [-0.2, -0.15) is 0 Å². The summed E-state index contributed by atoms with van der Waals surface area (Å²) in [6, 6.07) is 23.9. The molecule has 9 heteroatoms. The van der Waals surface area contributed by atoms with Gasteiger partial charge in [0.15, 0.2) is 10.9 Å². The molecular weight excluding hydrogens is 460 g/mol. The summed E-state index contributed by atoms with van der Waals surface area (Å²) in [6.07, 6.45) is 5.43. The number of amides is 1. The smallest absolute Gasteiger partial charge is 0.273 e. The third-order valence-corrected chi connectivity index (χ3v) is 6.12. The van der Waals surface area contributed by atoms with E-state index >= 15 is 0 Å². The van der Waals surface area contributed by atoms with Gasteiger partial charge in [-0.15, -0.1) is 10.2 Å². The number of aromatic nitrogens is 5. The molecule has 0 bridgehead atoms. The van der Waals surface area contributed by atoms with Crippen LogP contribution in [0.15, 0.2) is 101 Å². The van der Waals surface area contributed by atoms with Crippen molar-refractivity contribution in [3.63, 3.8) is 0 Å². The molecule has 0 unspecified atom stereocenters. The summed E-state index contributed by atoms with van der Waals surface area (Å²) < 4.78 is 7.59. The Morgan fingerprint density at radius 2 is 1.71 bits per heavy atom. The van der Waals surface area contributed by atoms with E-state index < -0.39 is 0 Å². The summed E-state index contributed by atoms with van der Waals surface area (Å²) in [4.78, 5) is 20.8. The number of pyridine rings is 1. The fourth-order valence-electron chi connectivity index (χ4n) is 3.51.